The van der Waals surface area contributed by atoms with Gasteiger partial charge < -0.3 is 15.4 Å². The minimum absolute atomic E-state index is 0.854. The molecule has 0 atom stereocenters. The lowest BCUT2D eigenvalue weighted by Crippen LogP contribution is -2.44. The first-order valence-electron chi connectivity index (χ1n) is 8.17. The van der Waals surface area contributed by atoms with Crippen LogP contribution in [-0.4, -0.2) is 63.8 Å². The lowest BCUT2D eigenvalue weighted by Gasteiger charge is -2.26. The van der Waals surface area contributed by atoms with Crippen LogP contribution in [0, 0.1) is 0 Å². The molecule has 5 nitrogen and oxygen atoms in total. The van der Waals surface area contributed by atoms with Gasteiger partial charge in [-0.15, -0.1) is 0 Å². The number of hydrogen-bond donors (Lipinski definition) is 2. The molecule has 1 fully saturated rings. The summed E-state index contributed by atoms with van der Waals surface area (Å²) in [4.78, 5) is 6.68. The Bertz CT molecular complexity index is 430. The summed E-state index contributed by atoms with van der Waals surface area (Å²) in [6, 6.07) is 10.6. The summed E-state index contributed by atoms with van der Waals surface area (Å²) in [5, 5.41) is 6.74. The van der Waals surface area contributed by atoms with Crippen LogP contribution >= 0.6 is 0 Å². The van der Waals surface area contributed by atoms with Gasteiger partial charge in [-0.05, 0) is 18.4 Å². The predicted octanol–water partition coefficient (Wildman–Crippen LogP) is 1.12. The van der Waals surface area contributed by atoms with Gasteiger partial charge in [-0.1, -0.05) is 30.3 Å². The average molecular weight is 304 g/mol. The molecule has 1 aliphatic heterocycles. The molecule has 0 saturated carbocycles. The summed E-state index contributed by atoms with van der Waals surface area (Å²) in [5.74, 6) is 0.890. The van der Waals surface area contributed by atoms with Gasteiger partial charge in [0.15, 0.2) is 5.96 Å². The fraction of sp³-hybridized carbons (Fsp3) is 0.588. The van der Waals surface area contributed by atoms with Gasteiger partial charge in [-0.2, -0.15) is 0 Å². The smallest absolute Gasteiger partial charge is 0.191 e. The molecule has 0 unspecified atom stereocenters. The first-order chi connectivity index (χ1) is 10.9. The van der Waals surface area contributed by atoms with E-state index in [1.54, 1.807) is 0 Å². The van der Waals surface area contributed by atoms with Crippen molar-refractivity contribution in [3.8, 4) is 0 Å². The third-order valence-corrected chi connectivity index (χ3v) is 3.83. The molecule has 1 aliphatic rings. The van der Waals surface area contributed by atoms with E-state index in [4.69, 9.17) is 4.74 Å². The third-order valence-electron chi connectivity index (χ3n) is 3.83. The third kappa shape index (κ3) is 6.45. The molecular weight excluding hydrogens is 276 g/mol. The molecule has 1 aromatic carbocycles. The Morgan fingerprint density at radius 3 is 2.59 bits per heavy atom. The number of nitrogens with zero attached hydrogens (tertiary/aromatic N) is 2. The summed E-state index contributed by atoms with van der Waals surface area (Å²) in [6.45, 7) is 6.66. The van der Waals surface area contributed by atoms with Crippen LogP contribution in [0.15, 0.2) is 35.3 Å². The van der Waals surface area contributed by atoms with Crippen LogP contribution in [0.3, 0.4) is 0 Å². The minimum atomic E-state index is 0.854. The largest absolute Gasteiger partial charge is 0.379 e. The molecule has 122 valence electrons. The van der Waals surface area contributed by atoms with Gasteiger partial charge in [0.25, 0.3) is 0 Å². The van der Waals surface area contributed by atoms with Crippen molar-refractivity contribution in [3.05, 3.63) is 35.9 Å². The zero-order valence-electron chi connectivity index (χ0n) is 13.6. The van der Waals surface area contributed by atoms with Crippen LogP contribution in [0.2, 0.25) is 0 Å². The normalized spacial score (nSPS) is 16.5. The number of benzene rings is 1. The number of nitrogens with one attached hydrogen (secondary N) is 2. The molecule has 1 saturated heterocycles. The second-order valence-electron chi connectivity index (χ2n) is 5.47. The second-order valence-corrected chi connectivity index (χ2v) is 5.47. The van der Waals surface area contributed by atoms with Crippen molar-refractivity contribution in [2.24, 2.45) is 4.99 Å². The van der Waals surface area contributed by atoms with Crippen molar-refractivity contribution < 1.29 is 4.74 Å². The summed E-state index contributed by atoms with van der Waals surface area (Å²) >= 11 is 0. The molecule has 0 radical (unpaired) electrons. The number of ether oxygens (including phenoxy) is 1. The highest BCUT2D eigenvalue weighted by Crippen LogP contribution is 2.01. The number of guanidine groups is 1. The quantitative estimate of drug-likeness (QED) is 0.450. The van der Waals surface area contributed by atoms with Gasteiger partial charge >= 0.3 is 0 Å². The van der Waals surface area contributed by atoms with Gasteiger partial charge in [0.1, 0.15) is 0 Å². The summed E-state index contributed by atoms with van der Waals surface area (Å²) in [7, 11) is 1.82. The van der Waals surface area contributed by atoms with Gasteiger partial charge in [-0.3, -0.25) is 9.89 Å². The van der Waals surface area contributed by atoms with Gasteiger partial charge in [0.05, 0.1) is 13.2 Å². The molecule has 0 bridgehead atoms. The minimum Gasteiger partial charge on any atom is -0.379 e. The Hall–Kier alpha value is -1.59. The van der Waals surface area contributed by atoms with E-state index in [1.807, 2.05) is 7.05 Å². The summed E-state index contributed by atoms with van der Waals surface area (Å²) in [6.07, 6.45) is 2.20. The fourth-order valence-electron chi connectivity index (χ4n) is 2.52. The Morgan fingerprint density at radius 1 is 1.14 bits per heavy atom. The average Bonchev–Trinajstić information content (AvgIpc) is 2.59. The van der Waals surface area contributed by atoms with Crippen LogP contribution in [0.5, 0.6) is 0 Å². The van der Waals surface area contributed by atoms with Gasteiger partial charge in [0.2, 0.25) is 0 Å². The van der Waals surface area contributed by atoms with E-state index in [0.29, 0.717) is 0 Å². The molecular formula is C17H28N4O. The summed E-state index contributed by atoms with van der Waals surface area (Å²) < 4.78 is 5.35. The monoisotopic (exact) mass is 304 g/mol. The van der Waals surface area contributed by atoms with E-state index in [1.165, 1.54) is 5.56 Å². The molecule has 0 aromatic heterocycles. The van der Waals surface area contributed by atoms with Gasteiger partial charge in [0, 0.05) is 39.8 Å². The van der Waals surface area contributed by atoms with E-state index in [9.17, 15) is 0 Å². The number of morpholine rings is 1. The lowest BCUT2D eigenvalue weighted by molar-refractivity contribution is 0.0389. The van der Waals surface area contributed by atoms with Crippen LogP contribution in [0.4, 0.5) is 0 Å². The Labute approximate surface area is 133 Å². The maximum Gasteiger partial charge on any atom is 0.191 e. The molecule has 0 amide bonds. The number of rotatable bonds is 7. The van der Waals surface area contributed by atoms with Gasteiger partial charge in [-0.25, -0.2) is 0 Å². The van der Waals surface area contributed by atoms with Crippen molar-refractivity contribution in [1.29, 1.82) is 0 Å². The zero-order valence-corrected chi connectivity index (χ0v) is 13.6. The van der Waals surface area contributed by atoms with E-state index in [2.05, 4.69) is 50.9 Å². The Balaban J connectivity index is 1.55. The van der Waals surface area contributed by atoms with Crippen molar-refractivity contribution in [2.45, 2.75) is 12.8 Å². The Kier molecular flexibility index (Phi) is 7.77. The first-order valence-corrected chi connectivity index (χ1v) is 8.17. The zero-order chi connectivity index (χ0) is 15.5. The predicted molar refractivity (Wildman–Crippen MR) is 91.4 cm³/mol. The van der Waals surface area contributed by atoms with Crippen LogP contribution in [-0.2, 0) is 11.2 Å². The first kappa shape index (κ1) is 16.8. The van der Waals surface area contributed by atoms with E-state index in [-0.39, 0.29) is 0 Å². The van der Waals surface area contributed by atoms with Crippen molar-refractivity contribution in [3.63, 3.8) is 0 Å². The topological polar surface area (TPSA) is 48.9 Å². The van der Waals surface area contributed by atoms with E-state index >= 15 is 0 Å². The van der Waals surface area contributed by atoms with Crippen molar-refractivity contribution in [2.75, 3.05) is 53.0 Å². The second kappa shape index (κ2) is 10.2. The SMILES string of the molecule is CN=C(NCCCc1ccccc1)NCCN1CCOCC1. The van der Waals surface area contributed by atoms with E-state index < -0.39 is 0 Å². The molecule has 5 heteroatoms. The van der Waals surface area contributed by atoms with Crippen LogP contribution < -0.4 is 10.6 Å². The maximum absolute atomic E-state index is 5.35. The van der Waals surface area contributed by atoms with E-state index in [0.717, 1.165) is 64.7 Å². The Morgan fingerprint density at radius 2 is 1.86 bits per heavy atom. The van der Waals surface area contributed by atoms with Crippen molar-refractivity contribution >= 4 is 5.96 Å². The molecule has 0 aliphatic carbocycles. The molecule has 1 aromatic rings. The molecule has 1 heterocycles. The molecule has 22 heavy (non-hydrogen) atoms. The maximum atomic E-state index is 5.35. The number of hydrogen-bond acceptors (Lipinski definition) is 3. The lowest BCUT2D eigenvalue weighted by atomic mass is 10.1. The number of aliphatic imine (C=N–C) groups is 1. The highest BCUT2D eigenvalue weighted by molar-refractivity contribution is 5.79. The highest BCUT2D eigenvalue weighted by Gasteiger charge is 2.09. The molecule has 2 N–H and O–H groups in total. The number of aryl methyl sites for hydroxylation is 1. The summed E-state index contributed by atoms with van der Waals surface area (Å²) in [5.41, 5.74) is 1.39. The molecule has 0 spiro atoms. The van der Waals surface area contributed by atoms with Crippen LogP contribution in [0.1, 0.15) is 12.0 Å². The fourth-order valence-corrected chi connectivity index (χ4v) is 2.52. The van der Waals surface area contributed by atoms with Crippen LogP contribution in [0.25, 0.3) is 0 Å². The standard InChI is InChI=1S/C17H28N4O/c1-18-17(20-10-11-21-12-14-22-15-13-21)19-9-5-8-16-6-3-2-4-7-16/h2-4,6-7H,5,8-15H2,1H3,(H2,18,19,20). The molecule has 2 rings (SSSR count). The highest BCUT2D eigenvalue weighted by atomic mass is 16.5. The van der Waals surface area contributed by atoms with Crippen molar-refractivity contribution in [1.82, 2.24) is 15.5 Å².